The van der Waals surface area contributed by atoms with Crippen molar-refractivity contribution in [2.24, 2.45) is 0 Å². The first-order chi connectivity index (χ1) is 5.83. The normalized spacial score (nSPS) is 9.58. The van der Waals surface area contributed by atoms with Crippen molar-refractivity contribution in [1.29, 1.82) is 0 Å². The maximum atomic E-state index is 8.92. The SMILES string of the molecule is COc1ncnc(OC)c1CO. The predicted molar refractivity (Wildman–Crippen MR) is 41.1 cm³/mol. The largest absolute Gasteiger partial charge is 0.481 e. The van der Waals surface area contributed by atoms with Crippen LogP contribution in [-0.4, -0.2) is 29.3 Å². The molecule has 5 heteroatoms. The quantitative estimate of drug-likeness (QED) is 0.691. The molecular formula is C7H10N2O3. The molecule has 0 saturated carbocycles. The summed E-state index contributed by atoms with van der Waals surface area (Å²) in [6, 6.07) is 0. The predicted octanol–water partition coefficient (Wildman–Crippen LogP) is -0.0139. The maximum absolute atomic E-state index is 8.92. The van der Waals surface area contributed by atoms with Crippen LogP contribution in [0.1, 0.15) is 5.56 Å². The van der Waals surface area contributed by atoms with Crippen LogP contribution in [0.5, 0.6) is 11.8 Å². The van der Waals surface area contributed by atoms with Crippen LogP contribution in [0.15, 0.2) is 6.33 Å². The third-order valence-electron chi connectivity index (χ3n) is 1.41. The Hall–Kier alpha value is -1.36. The van der Waals surface area contributed by atoms with Crippen LogP contribution in [0.4, 0.5) is 0 Å². The van der Waals surface area contributed by atoms with Crippen molar-refractivity contribution in [2.45, 2.75) is 6.61 Å². The first-order valence-corrected chi connectivity index (χ1v) is 3.36. The Morgan fingerprint density at radius 1 is 1.25 bits per heavy atom. The average molecular weight is 170 g/mol. The van der Waals surface area contributed by atoms with Crippen LogP contribution in [0.2, 0.25) is 0 Å². The van der Waals surface area contributed by atoms with Crippen LogP contribution < -0.4 is 9.47 Å². The summed E-state index contributed by atoms with van der Waals surface area (Å²) in [5.74, 6) is 0.675. The molecule has 0 saturated heterocycles. The highest BCUT2D eigenvalue weighted by atomic mass is 16.5. The Balaban J connectivity index is 3.13. The highest BCUT2D eigenvalue weighted by Crippen LogP contribution is 2.22. The molecule has 0 spiro atoms. The molecule has 0 unspecified atom stereocenters. The van der Waals surface area contributed by atoms with Gasteiger partial charge in [0.2, 0.25) is 11.8 Å². The van der Waals surface area contributed by atoms with Gasteiger partial charge in [0.15, 0.2) is 0 Å². The fraction of sp³-hybridized carbons (Fsp3) is 0.429. The fourth-order valence-electron chi connectivity index (χ4n) is 0.868. The zero-order valence-electron chi connectivity index (χ0n) is 6.94. The maximum Gasteiger partial charge on any atom is 0.225 e. The van der Waals surface area contributed by atoms with E-state index in [1.807, 2.05) is 0 Å². The van der Waals surface area contributed by atoms with Crippen LogP contribution in [0.25, 0.3) is 0 Å². The Labute approximate surface area is 70.0 Å². The molecule has 0 aliphatic rings. The zero-order chi connectivity index (χ0) is 8.97. The van der Waals surface area contributed by atoms with E-state index < -0.39 is 0 Å². The summed E-state index contributed by atoms with van der Waals surface area (Å²) in [5, 5.41) is 8.92. The number of nitrogens with zero attached hydrogens (tertiary/aromatic N) is 2. The molecule has 0 amide bonds. The lowest BCUT2D eigenvalue weighted by atomic mass is 10.3. The van der Waals surface area contributed by atoms with E-state index >= 15 is 0 Å². The molecule has 0 aromatic carbocycles. The van der Waals surface area contributed by atoms with Crippen LogP contribution in [0.3, 0.4) is 0 Å². The Morgan fingerprint density at radius 2 is 1.75 bits per heavy atom. The van der Waals surface area contributed by atoms with Gasteiger partial charge in [-0.1, -0.05) is 0 Å². The molecule has 66 valence electrons. The molecule has 1 rings (SSSR count). The first-order valence-electron chi connectivity index (χ1n) is 3.36. The van der Waals surface area contributed by atoms with E-state index in [-0.39, 0.29) is 6.61 Å². The molecule has 1 aromatic heterocycles. The Morgan fingerprint density at radius 3 is 2.08 bits per heavy atom. The summed E-state index contributed by atoms with van der Waals surface area (Å²) in [5.41, 5.74) is 0.461. The fourth-order valence-corrected chi connectivity index (χ4v) is 0.868. The second-order valence-electron chi connectivity index (χ2n) is 2.03. The third-order valence-corrected chi connectivity index (χ3v) is 1.41. The van der Waals surface area contributed by atoms with Gasteiger partial charge in [-0.05, 0) is 0 Å². The van der Waals surface area contributed by atoms with Crippen LogP contribution in [0, 0.1) is 0 Å². The first kappa shape index (κ1) is 8.73. The van der Waals surface area contributed by atoms with Gasteiger partial charge in [0.25, 0.3) is 0 Å². The summed E-state index contributed by atoms with van der Waals surface area (Å²) in [7, 11) is 2.95. The summed E-state index contributed by atoms with van der Waals surface area (Å²) in [4.78, 5) is 7.61. The lowest BCUT2D eigenvalue weighted by Gasteiger charge is -2.07. The number of aliphatic hydroxyl groups excluding tert-OH is 1. The van der Waals surface area contributed by atoms with Crippen molar-refractivity contribution in [3.63, 3.8) is 0 Å². The summed E-state index contributed by atoms with van der Waals surface area (Å²) in [6.45, 7) is -0.201. The molecule has 0 radical (unpaired) electrons. The van der Waals surface area contributed by atoms with Crippen molar-refractivity contribution in [3.8, 4) is 11.8 Å². The van der Waals surface area contributed by atoms with Gasteiger partial charge in [-0.15, -0.1) is 0 Å². The average Bonchev–Trinajstić information content (AvgIpc) is 2.16. The molecule has 0 aliphatic carbocycles. The van der Waals surface area contributed by atoms with E-state index in [0.29, 0.717) is 17.3 Å². The van der Waals surface area contributed by atoms with E-state index in [4.69, 9.17) is 14.6 Å². The summed E-state index contributed by atoms with van der Waals surface area (Å²) < 4.78 is 9.78. The minimum atomic E-state index is -0.201. The number of hydrogen-bond acceptors (Lipinski definition) is 5. The standard InChI is InChI=1S/C7H10N2O3/c1-11-6-5(3-10)7(12-2)9-4-8-6/h4,10H,3H2,1-2H3. The number of rotatable bonds is 3. The van der Waals surface area contributed by atoms with Crippen molar-refractivity contribution in [1.82, 2.24) is 9.97 Å². The van der Waals surface area contributed by atoms with Gasteiger partial charge in [-0.2, -0.15) is 0 Å². The Bertz CT molecular complexity index is 243. The smallest absolute Gasteiger partial charge is 0.225 e. The number of aromatic nitrogens is 2. The third kappa shape index (κ3) is 1.45. The summed E-state index contributed by atoms with van der Waals surface area (Å²) >= 11 is 0. The second kappa shape index (κ2) is 3.87. The van der Waals surface area contributed by atoms with Gasteiger partial charge in [0.1, 0.15) is 11.9 Å². The van der Waals surface area contributed by atoms with Gasteiger partial charge in [0, 0.05) is 0 Å². The highest BCUT2D eigenvalue weighted by molar-refractivity contribution is 5.33. The number of aliphatic hydroxyl groups is 1. The van der Waals surface area contributed by atoms with Crippen molar-refractivity contribution in [2.75, 3.05) is 14.2 Å². The lowest BCUT2D eigenvalue weighted by molar-refractivity contribution is 0.259. The van der Waals surface area contributed by atoms with Crippen molar-refractivity contribution >= 4 is 0 Å². The topological polar surface area (TPSA) is 64.5 Å². The number of hydrogen-bond donors (Lipinski definition) is 1. The molecule has 5 nitrogen and oxygen atoms in total. The molecule has 0 bridgehead atoms. The number of methoxy groups -OCH3 is 2. The van der Waals surface area contributed by atoms with Crippen LogP contribution >= 0.6 is 0 Å². The molecule has 12 heavy (non-hydrogen) atoms. The molecule has 1 N–H and O–H groups in total. The van der Waals surface area contributed by atoms with E-state index in [0.717, 1.165) is 0 Å². The minimum Gasteiger partial charge on any atom is -0.481 e. The molecular weight excluding hydrogens is 160 g/mol. The Kier molecular flexibility index (Phi) is 2.82. The minimum absolute atomic E-state index is 0.201. The zero-order valence-corrected chi connectivity index (χ0v) is 6.94. The molecule has 1 aromatic rings. The van der Waals surface area contributed by atoms with Gasteiger partial charge in [-0.25, -0.2) is 9.97 Å². The second-order valence-corrected chi connectivity index (χ2v) is 2.03. The van der Waals surface area contributed by atoms with Gasteiger partial charge in [0.05, 0.1) is 20.8 Å². The highest BCUT2D eigenvalue weighted by Gasteiger charge is 2.10. The monoisotopic (exact) mass is 170 g/mol. The molecule has 0 atom stereocenters. The van der Waals surface area contributed by atoms with E-state index in [2.05, 4.69) is 9.97 Å². The molecule has 0 aliphatic heterocycles. The number of ether oxygens (including phenoxy) is 2. The van der Waals surface area contributed by atoms with Crippen molar-refractivity contribution in [3.05, 3.63) is 11.9 Å². The van der Waals surface area contributed by atoms with Gasteiger partial charge >= 0.3 is 0 Å². The molecule has 1 heterocycles. The van der Waals surface area contributed by atoms with E-state index in [9.17, 15) is 0 Å². The van der Waals surface area contributed by atoms with Gasteiger partial charge < -0.3 is 14.6 Å². The van der Waals surface area contributed by atoms with Crippen molar-refractivity contribution < 1.29 is 14.6 Å². The van der Waals surface area contributed by atoms with E-state index in [1.54, 1.807) is 0 Å². The summed E-state index contributed by atoms with van der Waals surface area (Å²) in [6.07, 6.45) is 1.32. The van der Waals surface area contributed by atoms with Gasteiger partial charge in [-0.3, -0.25) is 0 Å². The van der Waals surface area contributed by atoms with E-state index in [1.165, 1.54) is 20.5 Å². The molecule has 0 fully saturated rings. The lowest BCUT2D eigenvalue weighted by Crippen LogP contribution is -2.00. The van der Waals surface area contributed by atoms with Crippen LogP contribution in [-0.2, 0) is 6.61 Å².